The largest absolute Gasteiger partial charge is 0.489 e. The van der Waals surface area contributed by atoms with E-state index in [1.165, 1.54) is 12.1 Å². The van der Waals surface area contributed by atoms with Gasteiger partial charge in [0.05, 0.1) is 13.2 Å². The first-order valence-electron chi connectivity index (χ1n) is 7.64. The predicted molar refractivity (Wildman–Crippen MR) is 102 cm³/mol. The molecule has 0 aliphatic rings. The normalized spacial score (nSPS) is 12.3. The Hall–Kier alpha value is -1.09. The number of hydrogen-bond donors (Lipinski definition) is 2. The number of ether oxygens (including phenoxy) is 2. The van der Waals surface area contributed by atoms with Crippen molar-refractivity contribution in [3.63, 3.8) is 0 Å². The minimum Gasteiger partial charge on any atom is -0.489 e. The van der Waals surface area contributed by atoms with Crippen LogP contribution >= 0.6 is 24.0 Å². The van der Waals surface area contributed by atoms with Gasteiger partial charge < -0.3 is 20.1 Å². The van der Waals surface area contributed by atoms with Crippen molar-refractivity contribution in [1.82, 2.24) is 10.6 Å². The van der Waals surface area contributed by atoms with E-state index in [1.807, 2.05) is 13.8 Å². The van der Waals surface area contributed by atoms with Crippen molar-refractivity contribution in [3.8, 4) is 5.75 Å². The van der Waals surface area contributed by atoms with Crippen LogP contribution in [0.5, 0.6) is 5.75 Å². The van der Waals surface area contributed by atoms with Gasteiger partial charge in [0, 0.05) is 26.3 Å². The van der Waals surface area contributed by atoms with Crippen LogP contribution in [-0.4, -0.2) is 45.4 Å². The number of rotatable bonds is 9. The van der Waals surface area contributed by atoms with Gasteiger partial charge in [-0.25, -0.2) is 4.39 Å². The molecule has 5 nitrogen and oxygen atoms in total. The molecular weight excluding hydrogens is 412 g/mol. The summed E-state index contributed by atoms with van der Waals surface area (Å²) in [6, 6.07) is 6.17. The molecule has 0 radical (unpaired) electrons. The quantitative estimate of drug-likeness (QED) is 0.269. The molecule has 1 atom stereocenters. The zero-order valence-corrected chi connectivity index (χ0v) is 16.3. The maximum absolute atomic E-state index is 13.2. The summed E-state index contributed by atoms with van der Waals surface area (Å²) in [5.41, 5.74) is 0. The van der Waals surface area contributed by atoms with Crippen LogP contribution in [0.3, 0.4) is 0 Å². The van der Waals surface area contributed by atoms with Crippen LogP contribution in [0.15, 0.2) is 29.3 Å². The van der Waals surface area contributed by atoms with Crippen molar-refractivity contribution >= 4 is 29.9 Å². The Morgan fingerprint density at radius 3 is 2.70 bits per heavy atom. The second-order valence-electron chi connectivity index (χ2n) is 4.68. The second-order valence-corrected chi connectivity index (χ2v) is 4.68. The second kappa shape index (κ2) is 13.4. The first-order valence-corrected chi connectivity index (χ1v) is 7.64. The van der Waals surface area contributed by atoms with Crippen LogP contribution in [0.2, 0.25) is 0 Å². The molecule has 0 fully saturated rings. The molecule has 0 aliphatic heterocycles. The fraction of sp³-hybridized carbons (Fsp3) is 0.562. The van der Waals surface area contributed by atoms with Crippen molar-refractivity contribution in [2.45, 2.75) is 26.4 Å². The smallest absolute Gasteiger partial charge is 0.191 e. The molecule has 0 amide bonds. The van der Waals surface area contributed by atoms with Crippen LogP contribution < -0.4 is 15.4 Å². The summed E-state index contributed by atoms with van der Waals surface area (Å²) in [7, 11) is 1.71. The summed E-state index contributed by atoms with van der Waals surface area (Å²) in [5.74, 6) is 0.933. The van der Waals surface area contributed by atoms with Gasteiger partial charge in [-0.1, -0.05) is 13.0 Å². The zero-order valence-electron chi connectivity index (χ0n) is 14.0. The monoisotopic (exact) mass is 439 g/mol. The van der Waals surface area contributed by atoms with E-state index in [4.69, 9.17) is 9.47 Å². The molecule has 1 aromatic carbocycles. The molecule has 23 heavy (non-hydrogen) atoms. The van der Waals surface area contributed by atoms with Gasteiger partial charge in [0.15, 0.2) is 5.96 Å². The summed E-state index contributed by atoms with van der Waals surface area (Å²) in [6.07, 6.45) is 0.742. The van der Waals surface area contributed by atoms with Crippen LogP contribution in [0.4, 0.5) is 4.39 Å². The summed E-state index contributed by atoms with van der Waals surface area (Å²) in [4.78, 5) is 4.14. The minimum absolute atomic E-state index is 0. The van der Waals surface area contributed by atoms with E-state index in [0.29, 0.717) is 38.0 Å². The Kier molecular flexibility index (Phi) is 12.7. The molecule has 0 spiro atoms. The summed E-state index contributed by atoms with van der Waals surface area (Å²) >= 11 is 0. The predicted octanol–water partition coefficient (Wildman–Crippen LogP) is 2.80. The molecule has 2 N–H and O–H groups in total. The van der Waals surface area contributed by atoms with Crippen molar-refractivity contribution in [3.05, 3.63) is 30.1 Å². The lowest BCUT2D eigenvalue weighted by Crippen LogP contribution is -2.43. The number of nitrogens with one attached hydrogen (secondary N) is 2. The van der Waals surface area contributed by atoms with Gasteiger partial charge >= 0.3 is 0 Å². The topological polar surface area (TPSA) is 54.9 Å². The molecule has 0 aliphatic carbocycles. The first-order chi connectivity index (χ1) is 10.7. The van der Waals surface area contributed by atoms with E-state index in [-0.39, 0.29) is 35.9 Å². The zero-order chi connectivity index (χ0) is 16.2. The minimum atomic E-state index is -0.297. The van der Waals surface area contributed by atoms with Gasteiger partial charge in [-0.2, -0.15) is 0 Å². The van der Waals surface area contributed by atoms with Gasteiger partial charge in [-0.3, -0.25) is 4.99 Å². The van der Waals surface area contributed by atoms with Crippen LogP contribution in [0.25, 0.3) is 0 Å². The SMILES string of the molecule is CCOCCNC(=NC)NCC(CC)Oc1cccc(F)c1.I. The number of halogens is 2. The molecule has 0 bridgehead atoms. The Labute approximate surface area is 155 Å². The molecule has 132 valence electrons. The number of guanidine groups is 1. The number of benzene rings is 1. The maximum atomic E-state index is 13.2. The molecule has 0 saturated heterocycles. The van der Waals surface area contributed by atoms with E-state index in [1.54, 1.807) is 19.2 Å². The van der Waals surface area contributed by atoms with Crippen LogP contribution in [0, 0.1) is 5.82 Å². The van der Waals surface area contributed by atoms with E-state index in [9.17, 15) is 4.39 Å². The van der Waals surface area contributed by atoms with Gasteiger partial charge in [0.25, 0.3) is 0 Å². The molecule has 7 heteroatoms. The lowest BCUT2D eigenvalue weighted by molar-refractivity contribution is 0.152. The third kappa shape index (κ3) is 9.60. The van der Waals surface area contributed by atoms with Crippen LogP contribution in [-0.2, 0) is 4.74 Å². The molecule has 0 saturated carbocycles. The maximum Gasteiger partial charge on any atom is 0.191 e. The number of aliphatic imine (C=N–C) groups is 1. The lowest BCUT2D eigenvalue weighted by atomic mass is 10.2. The Bertz CT molecular complexity index is 461. The highest BCUT2D eigenvalue weighted by atomic mass is 127. The first kappa shape index (κ1) is 21.9. The van der Waals surface area contributed by atoms with Crippen molar-refractivity contribution in [1.29, 1.82) is 0 Å². The van der Waals surface area contributed by atoms with Crippen LogP contribution in [0.1, 0.15) is 20.3 Å². The van der Waals surface area contributed by atoms with Crippen molar-refractivity contribution < 1.29 is 13.9 Å². The Balaban J connectivity index is 0.00000484. The van der Waals surface area contributed by atoms with Gasteiger partial charge in [0.1, 0.15) is 17.7 Å². The van der Waals surface area contributed by atoms with Crippen molar-refractivity contribution in [2.24, 2.45) is 4.99 Å². The Morgan fingerprint density at radius 1 is 1.30 bits per heavy atom. The highest BCUT2D eigenvalue weighted by molar-refractivity contribution is 14.0. The van der Waals surface area contributed by atoms with Gasteiger partial charge in [0.2, 0.25) is 0 Å². The van der Waals surface area contributed by atoms with E-state index in [0.717, 1.165) is 6.42 Å². The summed E-state index contributed by atoms with van der Waals surface area (Å²) in [5, 5.41) is 6.35. The summed E-state index contributed by atoms with van der Waals surface area (Å²) in [6.45, 7) is 6.59. The fourth-order valence-electron chi connectivity index (χ4n) is 1.82. The highest BCUT2D eigenvalue weighted by Crippen LogP contribution is 2.14. The fourth-order valence-corrected chi connectivity index (χ4v) is 1.82. The number of nitrogens with zero attached hydrogens (tertiary/aromatic N) is 1. The number of hydrogen-bond acceptors (Lipinski definition) is 3. The standard InChI is InChI=1S/C16H26FN3O2.HI/c1-4-14(22-15-8-6-7-13(17)11-15)12-20-16(18-3)19-9-10-21-5-2;/h6-8,11,14H,4-5,9-10,12H2,1-3H3,(H2,18,19,20);1H. The molecule has 0 heterocycles. The van der Waals surface area contributed by atoms with E-state index in [2.05, 4.69) is 15.6 Å². The van der Waals surface area contributed by atoms with Gasteiger partial charge in [-0.05, 0) is 25.5 Å². The molecule has 1 rings (SSSR count). The van der Waals surface area contributed by atoms with Gasteiger partial charge in [-0.15, -0.1) is 24.0 Å². The highest BCUT2D eigenvalue weighted by Gasteiger charge is 2.09. The average molecular weight is 439 g/mol. The third-order valence-corrected chi connectivity index (χ3v) is 3.02. The molecule has 1 unspecified atom stereocenters. The molecule has 0 aromatic heterocycles. The third-order valence-electron chi connectivity index (χ3n) is 3.02. The average Bonchev–Trinajstić information content (AvgIpc) is 2.53. The van der Waals surface area contributed by atoms with Crippen molar-refractivity contribution in [2.75, 3.05) is 33.4 Å². The molecular formula is C16H27FIN3O2. The van der Waals surface area contributed by atoms with E-state index < -0.39 is 0 Å². The lowest BCUT2D eigenvalue weighted by Gasteiger charge is -2.20. The Morgan fingerprint density at radius 2 is 2.09 bits per heavy atom. The molecule has 1 aromatic rings. The summed E-state index contributed by atoms with van der Waals surface area (Å²) < 4.78 is 24.2. The van der Waals surface area contributed by atoms with E-state index >= 15 is 0 Å².